The van der Waals surface area contributed by atoms with Gasteiger partial charge in [-0.2, -0.15) is 13.2 Å². The van der Waals surface area contributed by atoms with Crippen LogP contribution < -0.4 is 0 Å². The van der Waals surface area contributed by atoms with E-state index in [1.807, 2.05) is 0 Å². The van der Waals surface area contributed by atoms with Crippen molar-refractivity contribution in [1.82, 2.24) is 5.16 Å². The van der Waals surface area contributed by atoms with Gasteiger partial charge in [0.2, 0.25) is 0 Å². The van der Waals surface area contributed by atoms with Crippen LogP contribution in [-0.2, 0) is 16.0 Å². The maximum Gasteiger partial charge on any atom is 0.402 e. The van der Waals surface area contributed by atoms with E-state index >= 15 is 0 Å². The average Bonchev–Trinajstić information content (AvgIpc) is 2.63. The summed E-state index contributed by atoms with van der Waals surface area (Å²) >= 11 is 0. The van der Waals surface area contributed by atoms with Crippen molar-refractivity contribution in [2.24, 2.45) is 5.92 Å². The molecule has 0 radical (unpaired) electrons. The molecular formula is C8H8F3NO3. The number of hydrogen-bond donors (Lipinski definition) is 0. The van der Waals surface area contributed by atoms with Crippen molar-refractivity contribution in [2.45, 2.75) is 12.6 Å². The predicted octanol–water partition coefficient (Wildman–Crippen LogP) is 1.57. The van der Waals surface area contributed by atoms with E-state index < -0.39 is 24.5 Å². The highest BCUT2D eigenvalue weighted by atomic mass is 19.4. The van der Waals surface area contributed by atoms with Crippen LogP contribution in [0.25, 0.3) is 0 Å². The SMILES string of the molecule is COC(=O)C(Cc1ccon1)C(F)(F)F. The van der Waals surface area contributed by atoms with E-state index in [2.05, 4.69) is 14.4 Å². The van der Waals surface area contributed by atoms with Gasteiger partial charge in [0.15, 0.2) is 5.92 Å². The van der Waals surface area contributed by atoms with Crippen LogP contribution in [0.15, 0.2) is 16.9 Å². The van der Waals surface area contributed by atoms with Crippen molar-refractivity contribution in [3.63, 3.8) is 0 Å². The maximum atomic E-state index is 12.4. The van der Waals surface area contributed by atoms with Gasteiger partial charge in [-0.1, -0.05) is 5.16 Å². The van der Waals surface area contributed by atoms with Crippen molar-refractivity contribution in [3.8, 4) is 0 Å². The molecule has 1 aromatic rings. The first-order valence-corrected chi connectivity index (χ1v) is 3.99. The molecule has 1 aromatic heterocycles. The molecule has 0 aromatic carbocycles. The summed E-state index contributed by atoms with van der Waals surface area (Å²) in [6.45, 7) is 0. The summed E-state index contributed by atoms with van der Waals surface area (Å²) < 4.78 is 45.6. The largest absolute Gasteiger partial charge is 0.469 e. The normalized spacial score (nSPS) is 13.6. The fourth-order valence-corrected chi connectivity index (χ4v) is 1.03. The Morgan fingerprint density at radius 1 is 1.67 bits per heavy atom. The Bertz CT molecular complexity index is 320. The van der Waals surface area contributed by atoms with Gasteiger partial charge < -0.3 is 9.26 Å². The molecule has 7 heteroatoms. The van der Waals surface area contributed by atoms with E-state index in [1.165, 1.54) is 6.07 Å². The molecule has 0 aliphatic rings. The van der Waals surface area contributed by atoms with Gasteiger partial charge >= 0.3 is 12.1 Å². The van der Waals surface area contributed by atoms with Gasteiger partial charge in [0, 0.05) is 12.5 Å². The van der Waals surface area contributed by atoms with Gasteiger partial charge in [-0.3, -0.25) is 4.79 Å². The van der Waals surface area contributed by atoms with E-state index in [-0.39, 0.29) is 5.69 Å². The Labute approximate surface area is 83.0 Å². The number of rotatable bonds is 3. The number of halogens is 3. The van der Waals surface area contributed by atoms with E-state index in [1.54, 1.807) is 0 Å². The molecule has 1 rings (SSSR count). The number of hydrogen-bond acceptors (Lipinski definition) is 4. The third kappa shape index (κ3) is 2.97. The lowest BCUT2D eigenvalue weighted by molar-refractivity contribution is -0.195. The second-order valence-corrected chi connectivity index (χ2v) is 2.81. The maximum absolute atomic E-state index is 12.4. The lowest BCUT2D eigenvalue weighted by atomic mass is 10.0. The number of nitrogens with zero attached hydrogens (tertiary/aromatic N) is 1. The number of alkyl halides is 3. The third-order valence-electron chi connectivity index (χ3n) is 1.79. The Balaban J connectivity index is 2.79. The van der Waals surface area contributed by atoms with E-state index in [9.17, 15) is 18.0 Å². The zero-order valence-corrected chi connectivity index (χ0v) is 7.75. The van der Waals surface area contributed by atoms with E-state index in [0.717, 1.165) is 13.4 Å². The van der Waals surface area contributed by atoms with Crippen LogP contribution in [-0.4, -0.2) is 24.4 Å². The van der Waals surface area contributed by atoms with E-state index in [4.69, 9.17) is 0 Å². The summed E-state index contributed by atoms with van der Waals surface area (Å²) in [5.74, 6) is -3.53. The van der Waals surface area contributed by atoms with Gasteiger partial charge in [-0.25, -0.2) is 0 Å². The highest BCUT2D eigenvalue weighted by Crippen LogP contribution is 2.29. The Morgan fingerprint density at radius 3 is 2.73 bits per heavy atom. The summed E-state index contributed by atoms with van der Waals surface area (Å²) in [4.78, 5) is 10.9. The molecule has 4 nitrogen and oxygen atoms in total. The number of esters is 1. The average molecular weight is 223 g/mol. The zero-order valence-electron chi connectivity index (χ0n) is 7.75. The van der Waals surface area contributed by atoms with Crippen LogP contribution in [0.4, 0.5) is 13.2 Å². The molecule has 0 bridgehead atoms. The molecule has 1 atom stereocenters. The second-order valence-electron chi connectivity index (χ2n) is 2.81. The van der Waals surface area contributed by atoms with Gasteiger partial charge in [0.25, 0.3) is 0 Å². The molecule has 0 fully saturated rings. The minimum Gasteiger partial charge on any atom is -0.469 e. The van der Waals surface area contributed by atoms with Crippen molar-refractivity contribution in [1.29, 1.82) is 0 Å². The Kier molecular flexibility index (Phi) is 3.33. The standard InChI is InChI=1S/C8H8F3NO3/c1-14-7(13)6(8(9,10)11)4-5-2-3-15-12-5/h2-3,6H,4H2,1H3. The molecule has 84 valence electrons. The van der Waals surface area contributed by atoms with Crippen molar-refractivity contribution >= 4 is 5.97 Å². The van der Waals surface area contributed by atoms with Crippen LogP contribution in [0.2, 0.25) is 0 Å². The monoisotopic (exact) mass is 223 g/mol. The smallest absolute Gasteiger partial charge is 0.402 e. The summed E-state index contributed by atoms with van der Waals surface area (Å²) in [6, 6.07) is 1.27. The molecule has 0 amide bonds. The first kappa shape index (κ1) is 11.5. The third-order valence-corrected chi connectivity index (χ3v) is 1.79. The fourth-order valence-electron chi connectivity index (χ4n) is 1.03. The highest BCUT2D eigenvalue weighted by Gasteiger charge is 2.46. The Hall–Kier alpha value is -1.53. The molecule has 0 saturated heterocycles. The predicted molar refractivity (Wildman–Crippen MR) is 41.8 cm³/mol. The van der Waals surface area contributed by atoms with E-state index in [0.29, 0.717) is 0 Å². The minimum atomic E-state index is -4.65. The van der Waals surface area contributed by atoms with Crippen LogP contribution in [0, 0.1) is 5.92 Å². The van der Waals surface area contributed by atoms with Crippen LogP contribution >= 0.6 is 0 Å². The van der Waals surface area contributed by atoms with Crippen molar-refractivity contribution < 1.29 is 27.2 Å². The summed E-state index contributed by atoms with van der Waals surface area (Å²) in [5.41, 5.74) is 0.0581. The molecule has 0 aliphatic carbocycles. The zero-order chi connectivity index (χ0) is 11.5. The van der Waals surface area contributed by atoms with Crippen molar-refractivity contribution in [3.05, 3.63) is 18.0 Å². The summed E-state index contributed by atoms with van der Waals surface area (Å²) in [6.07, 6.45) is -4.08. The topological polar surface area (TPSA) is 52.3 Å². The molecule has 15 heavy (non-hydrogen) atoms. The molecular weight excluding hydrogens is 215 g/mol. The molecule has 0 saturated carbocycles. The molecule has 0 spiro atoms. The minimum absolute atomic E-state index is 0.0581. The molecule has 1 heterocycles. The second kappa shape index (κ2) is 4.33. The summed E-state index contributed by atoms with van der Waals surface area (Å²) in [5, 5.41) is 3.30. The molecule has 1 unspecified atom stereocenters. The highest BCUT2D eigenvalue weighted by molar-refractivity contribution is 5.73. The number of carbonyl (C=O) groups excluding carboxylic acids is 1. The molecule has 0 aliphatic heterocycles. The quantitative estimate of drug-likeness (QED) is 0.730. The summed E-state index contributed by atoms with van der Waals surface area (Å²) in [7, 11) is 0.907. The van der Waals surface area contributed by atoms with Gasteiger partial charge in [0.05, 0.1) is 12.8 Å². The number of methoxy groups -OCH3 is 1. The first-order chi connectivity index (χ1) is 6.95. The Morgan fingerprint density at radius 2 is 2.33 bits per heavy atom. The van der Waals surface area contributed by atoms with Gasteiger partial charge in [0.1, 0.15) is 6.26 Å². The van der Waals surface area contributed by atoms with Gasteiger partial charge in [-0.05, 0) is 0 Å². The van der Waals surface area contributed by atoms with Crippen LogP contribution in [0.3, 0.4) is 0 Å². The van der Waals surface area contributed by atoms with Crippen LogP contribution in [0.1, 0.15) is 5.69 Å². The van der Waals surface area contributed by atoms with Crippen LogP contribution in [0.5, 0.6) is 0 Å². The number of carbonyl (C=O) groups is 1. The molecule has 0 N–H and O–H groups in total. The fraction of sp³-hybridized carbons (Fsp3) is 0.500. The lowest BCUT2D eigenvalue weighted by Gasteiger charge is -2.16. The van der Waals surface area contributed by atoms with Crippen molar-refractivity contribution in [2.75, 3.05) is 7.11 Å². The lowest BCUT2D eigenvalue weighted by Crippen LogP contribution is -2.33. The number of aromatic nitrogens is 1. The van der Waals surface area contributed by atoms with Gasteiger partial charge in [-0.15, -0.1) is 0 Å². The number of ether oxygens (including phenoxy) is 1. The first-order valence-electron chi connectivity index (χ1n) is 3.99.